The van der Waals surface area contributed by atoms with Crippen molar-refractivity contribution in [1.82, 2.24) is 0 Å². The molecule has 0 aromatic rings. The number of carboxylic acid groups (broad SMARTS) is 1. The molecule has 5 rings (SSSR count). The zero-order valence-corrected chi connectivity index (χ0v) is 23.7. The van der Waals surface area contributed by atoms with E-state index in [1.165, 1.54) is 0 Å². The van der Waals surface area contributed by atoms with Gasteiger partial charge in [0.15, 0.2) is 23.5 Å². The summed E-state index contributed by atoms with van der Waals surface area (Å²) in [5, 5.41) is 29.3. The predicted octanol–water partition coefficient (Wildman–Crippen LogP) is 4.05. The van der Waals surface area contributed by atoms with Gasteiger partial charge in [-0.05, 0) is 62.0 Å². The van der Waals surface area contributed by atoms with Gasteiger partial charge in [0.05, 0.1) is 18.8 Å². The van der Waals surface area contributed by atoms with Gasteiger partial charge in [-0.1, -0.05) is 52.7 Å². The molecular weight excluding hydrogens is 504 g/mol. The second-order valence-corrected chi connectivity index (χ2v) is 12.7. The first kappa shape index (κ1) is 29.9. The molecule has 0 aromatic heterocycles. The molecule has 1 heterocycles. The molecule has 9 nitrogen and oxygen atoms in total. The highest BCUT2D eigenvalue weighted by molar-refractivity contribution is 6.01. The average Bonchev–Trinajstić information content (AvgIpc) is 3.35. The number of aliphatic hydroxyl groups excluding tert-OH is 2. The lowest BCUT2D eigenvalue weighted by atomic mass is 9.46. The van der Waals surface area contributed by atoms with Crippen molar-refractivity contribution in [3.05, 3.63) is 23.8 Å². The molecule has 0 spiro atoms. The number of ether oxygens (including phenoxy) is 3. The van der Waals surface area contributed by atoms with Crippen LogP contribution in [0.2, 0.25) is 0 Å². The largest absolute Gasteiger partial charge is 0.505 e. The third-order valence-electron chi connectivity index (χ3n) is 9.91. The summed E-state index contributed by atoms with van der Waals surface area (Å²) in [5.74, 6) is 0.311. The van der Waals surface area contributed by atoms with Crippen LogP contribution in [0.1, 0.15) is 73.1 Å². The molecule has 5 aliphatic rings. The van der Waals surface area contributed by atoms with E-state index in [4.69, 9.17) is 14.6 Å². The number of hydrogen-bond donors (Lipinski definition) is 3. The van der Waals surface area contributed by atoms with Crippen LogP contribution < -0.4 is 0 Å². The van der Waals surface area contributed by atoms with E-state index < -0.39 is 42.3 Å². The predicted molar refractivity (Wildman–Crippen MR) is 142 cm³/mol. The van der Waals surface area contributed by atoms with Gasteiger partial charge in [-0.25, -0.2) is 4.79 Å². The minimum Gasteiger partial charge on any atom is -0.450 e. The van der Waals surface area contributed by atoms with Gasteiger partial charge in [0.1, 0.15) is 6.61 Å². The Labute approximate surface area is 230 Å². The van der Waals surface area contributed by atoms with Gasteiger partial charge >= 0.3 is 6.16 Å². The lowest BCUT2D eigenvalue weighted by Gasteiger charge is -2.59. The molecule has 1 saturated heterocycles. The van der Waals surface area contributed by atoms with Crippen molar-refractivity contribution in [3.8, 4) is 0 Å². The van der Waals surface area contributed by atoms with Crippen LogP contribution in [-0.4, -0.2) is 70.4 Å². The van der Waals surface area contributed by atoms with Crippen molar-refractivity contribution in [3.63, 3.8) is 0 Å². The summed E-state index contributed by atoms with van der Waals surface area (Å²) in [7, 11) is 0. The Morgan fingerprint density at radius 2 is 1.97 bits per heavy atom. The Balaban J connectivity index is 0.000000386. The molecule has 9 heteroatoms. The van der Waals surface area contributed by atoms with E-state index in [0.717, 1.165) is 24.8 Å². The standard InChI is InChI=1S/C25H34O6.C5H10O3/c1-4-5-21-30-20-11-17-16-7-6-14-10-15(27)8-9-23(14,2)22(16)18(28)12-24(17,3)25(20,31-21)19(29)13-26;1-4(2)3-8-5(6)7/h8-10,16-18,20-22,26,28H,4-7,11-13H2,1-3H3;4H,3H2,1-2H3,(H,6,7)/t16-,17-,18-,20+,21?,22+,23-,24-,25+;/m0./s1. The Morgan fingerprint density at radius 3 is 2.56 bits per heavy atom. The first-order valence-corrected chi connectivity index (χ1v) is 14.3. The second-order valence-electron chi connectivity index (χ2n) is 12.7. The van der Waals surface area contributed by atoms with Crippen molar-refractivity contribution in [1.29, 1.82) is 0 Å². The number of hydrogen-bond acceptors (Lipinski definition) is 8. The van der Waals surface area contributed by atoms with Crippen molar-refractivity contribution < 1.29 is 43.9 Å². The smallest absolute Gasteiger partial charge is 0.450 e. The fraction of sp³-hybridized carbons (Fsp3) is 0.767. The molecule has 218 valence electrons. The highest BCUT2D eigenvalue weighted by Gasteiger charge is 2.75. The second kappa shape index (κ2) is 11.1. The summed E-state index contributed by atoms with van der Waals surface area (Å²) in [6.07, 6.45) is 7.12. The van der Waals surface area contributed by atoms with Crippen LogP contribution in [0.3, 0.4) is 0 Å². The van der Waals surface area contributed by atoms with Crippen LogP contribution in [0.5, 0.6) is 0 Å². The van der Waals surface area contributed by atoms with Crippen LogP contribution in [-0.2, 0) is 23.8 Å². The maximum atomic E-state index is 13.2. The van der Waals surface area contributed by atoms with Crippen LogP contribution in [0.15, 0.2) is 23.8 Å². The summed E-state index contributed by atoms with van der Waals surface area (Å²) in [4.78, 5) is 34.9. The molecule has 3 saturated carbocycles. The minimum atomic E-state index is -1.20. The lowest BCUT2D eigenvalue weighted by molar-refractivity contribution is -0.200. The van der Waals surface area contributed by atoms with Crippen molar-refractivity contribution >= 4 is 17.7 Å². The van der Waals surface area contributed by atoms with Crippen molar-refractivity contribution in [2.75, 3.05) is 13.2 Å². The molecule has 0 amide bonds. The van der Waals surface area contributed by atoms with E-state index in [1.54, 1.807) is 12.2 Å². The third-order valence-corrected chi connectivity index (χ3v) is 9.91. The average molecular weight is 549 g/mol. The summed E-state index contributed by atoms with van der Waals surface area (Å²) in [6.45, 7) is 9.74. The summed E-state index contributed by atoms with van der Waals surface area (Å²) >= 11 is 0. The van der Waals surface area contributed by atoms with Crippen LogP contribution >= 0.6 is 0 Å². The molecule has 1 aliphatic heterocycles. The number of fused-ring (bicyclic) bond motifs is 7. The Hall–Kier alpha value is -2.07. The van der Waals surface area contributed by atoms with E-state index in [-0.39, 0.29) is 47.3 Å². The summed E-state index contributed by atoms with van der Waals surface area (Å²) < 4.78 is 16.9. The molecule has 3 N–H and O–H groups in total. The normalized spacial score (nSPS) is 41.9. The van der Waals surface area contributed by atoms with Crippen LogP contribution in [0.25, 0.3) is 0 Å². The molecule has 0 radical (unpaired) electrons. The van der Waals surface area contributed by atoms with E-state index >= 15 is 0 Å². The van der Waals surface area contributed by atoms with Gasteiger partial charge in [-0.2, -0.15) is 0 Å². The fourth-order valence-electron chi connectivity index (χ4n) is 8.36. The van der Waals surface area contributed by atoms with Gasteiger partial charge in [0, 0.05) is 16.7 Å². The van der Waals surface area contributed by atoms with Gasteiger partial charge in [0.25, 0.3) is 0 Å². The van der Waals surface area contributed by atoms with Crippen molar-refractivity contribution in [2.24, 2.45) is 34.5 Å². The number of carbonyl (C=O) groups is 3. The van der Waals surface area contributed by atoms with Gasteiger partial charge in [-0.3, -0.25) is 9.59 Å². The monoisotopic (exact) mass is 548 g/mol. The van der Waals surface area contributed by atoms with Crippen molar-refractivity contribution in [2.45, 2.75) is 97.2 Å². The van der Waals surface area contributed by atoms with E-state index in [1.807, 2.05) is 19.9 Å². The first-order valence-electron chi connectivity index (χ1n) is 14.3. The Morgan fingerprint density at radius 1 is 1.26 bits per heavy atom. The van der Waals surface area contributed by atoms with Crippen LogP contribution in [0, 0.1) is 34.5 Å². The van der Waals surface area contributed by atoms with Gasteiger partial charge in [0.2, 0.25) is 0 Å². The molecular formula is C30H44O9. The topological polar surface area (TPSA) is 140 Å². The number of Topliss-reactive ketones (excluding diaryl/α,β-unsaturated/α-hetero) is 1. The van der Waals surface area contributed by atoms with E-state index in [2.05, 4.69) is 25.5 Å². The van der Waals surface area contributed by atoms with E-state index in [9.17, 15) is 24.6 Å². The number of carbonyl (C=O) groups excluding carboxylic acids is 2. The maximum absolute atomic E-state index is 13.2. The van der Waals surface area contributed by atoms with Crippen LogP contribution in [0.4, 0.5) is 4.79 Å². The lowest BCUT2D eigenvalue weighted by Crippen LogP contribution is -2.63. The zero-order valence-electron chi connectivity index (χ0n) is 23.7. The zero-order chi connectivity index (χ0) is 28.8. The first-order chi connectivity index (χ1) is 18.3. The molecule has 9 atom stereocenters. The molecule has 1 unspecified atom stereocenters. The van der Waals surface area contributed by atoms with Gasteiger partial charge in [-0.15, -0.1) is 0 Å². The minimum absolute atomic E-state index is 0.0125. The Bertz CT molecular complexity index is 1030. The SMILES string of the molecule is CC(C)COC(=O)O.CCCC1O[C@@H]2C[C@H]3[C@@H]4CCC5=CC(=O)C=C[C@]5(C)[C@H]4[C@@H](O)C[C@]3(C)[C@]2(C(=O)CO)O1. The number of aliphatic hydroxyl groups is 2. The number of allylic oxidation sites excluding steroid dienone is 4. The van der Waals surface area contributed by atoms with E-state index in [0.29, 0.717) is 19.3 Å². The molecule has 4 fully saturated rings. The molecule has 39 heavy (non-hydrogen) atoms. The number of rotatable bonds is 6. The summed E-state index contributed by atoms with van der Waals surface area (Å²) in [6, 6.07) is 0. The molecule has 4 aliphatic carbocycles. The van der Waals surface area contributed by atoms with Gasteiger partial charge < -0.3 is 29.5 Å². The number of ketones is 2. The fourth-order valence-corrected chi connectivity index (χ4v) is 8.36. The highest BCUT2D eigenvalue weighted by atomic mass is 16.7. The molecule has 0 aromatic carbocycles. The summed E-state index contributed by atoms with van der Waals surface area (Å²) in [5.41, 5.74) is -1.05. The quantitative estimate of drug-likeness (QED) is 0.419. The molecule has 0 bridgehead atoms. The highest BCUT2D eigenvalue weighted by Crippen LogP contribution is 2.69. The maximum Gasteiger partial charge on any atom is 0.505 e. The Kier molecular flexibility index (Phi) is 8.49. The third kappa shape index (κ3) is 4.89.